The van der Waals surface area contributed by atoms with Gasteiger partial charge in [0.25, 0.3) is 5.69 Å². The summed E-state index contributed by atoms with van der Waals surface area (Å²) in [6.45, 7) is 3.78. The number of halogens is 1. The van der Waals surface area contributed by atoms with Crippen molar-refractivity contribution in [2.75, 3.05) is 5.32 Å². The first kappa shape index (κ1) is 19.4. The van der Waals surface area contributed by atoms with Crippen LogP contribution in [0, 0.1) is 24.0 Å². The van der Waals surface area contributed by atoms with E-state index >= 15 is 0 Å². The van der Waals surface area contributed by atoms with Crippen molar-refractivity contribution in [2.24, 2.45) is 0 Å². The van der Waals surface area contributed by atoms with E-state index in [1.165, 1.54) is 35.3 Å². The van der Waals surface area contributed by atoms with Crippen LogP contribution in [-0.2, 0) is 11.3 Å². The smallest absolute Gasteiger partial charge is 0.275 e. The van der Waals surface area contributed by atoms with Gasteiger partial charge in [-0.2, -0.15) is 5.10 Å². The summed E-state index contributed by atoms with van der Waals surface area (Å²) in [7, 11) is 0. The first-order valence-electron chi connectivity index (χ1n) is 8.32. The van der Waals surface area contributed by atoms with Gasteiger partial charge >= 0.3 is 0 Å². The van der Waals surface area contributed by atoms with E-state index in [9.17, 15) is 14.9 Å². The number of aryl methyl sites for hydroxylation is 2. The van der Waals surface area contributed by atoms with Crippen LogP contribution in [0.15, 0.2) is 48.8 Å². The van der Waals surface area contributed by atoms with Gasteiger partial charge in [0.15, 0.2) is 0 Å². The number of ether oxygens (including phenoxy) is 1. The molecule has 8 nitrogen and oxygen atoms in total. The summed E-state index contributed by atoms with van der Waals surface area (Å²) in [5, 5.41) is 18.2. The number of amides is 1. The van der Waals surface area contributed by atoms with Gasteiger partial charge in [-0.25, -0.2) is 0 Å². The zero-order valence-corrected chi connectivity index (χ0v) is 15.9. The molecule has 2 aromatic carbocycles. The molecule has 0 fully saturated rings. The van der Waals surface area contributed by atoms with Crippen LogP contribution in [-0.4, -0.2) is 20.6 Å². The van der Waals surface area contributed by atoms with Crippen molar-refractivity contribution in [3.63, 3.8) is 0 Å². The van der Waals surface area contributed by atoms with Crippen molar-refractivity contribution < 1.29 is 14.5 Å². The molecular formula is C19H17ClN4O4. The molecule has 1 aromatic heterocycles. The molecule has 28 heavy (non-hydrogen) atoms. The van der Waals surface area contributed by atoms with Crippen molar-refractivity contribution in [3.8, 4) is 11.5 Å². The third kappa shape index (κ3) is 5.08. The third-order valence-electron chi connectivity index (χ3n) is 3.72. The maximum absolute atomic E-state index is 12.2. The molecule has 3 aromatic rings. The zero-order chi connectivity index (χ0) is 20.3. The monoisotopic (exact) mass is 400 g/mol. The largest absolute Gasteiger partial charge is 0.457 e. The number of non-ortho nitro benzene ring substituents is 1. The maximum atomic E-state index is 12.2. The van der Waals surface area contributed by atoms with E-state index in [2.05, 4.69) is 10.4 Å². The summed E-state index contributed by atoms with van der Waals surface area (Å²) in [6, 6.07) is 9.74. The molecule has 9 heteroatoms. The Bertz CT molecular complexity index is 1030. The lowest BCUT2D eigenvalue weighted by atomic mass is 10.1. The van der Waals surface area contributed by atoms with Crippen LogP contribution in [0.25, 0.3) is 0 Å². The molecule has 0 radical (unpaired) electrons. The summed E-state index contributed by atoms with van der Waals surface area (Å²) >= 11 is 5.77. The molecule has 1 N–H and O–H groups in total. The number of aromatic nitrogens is 2. The Balaban J connectivity index is 1.82. The minimum absolute atomic E-state index is 0.0807. The number of nitro benzene ring substituents is 1. The molecular weight excluding hydrogens is 384 g/mol. The van der Waals surface area contributed by atoms with E-state index in [1.54, 1.807) is 0 Å². The average Bonchev–Trinajstić information content (AvgIpc) is 2.98. The highest BCUT2D eigenvalue weighted by atomic mass is 35.5. The quantitative estimate of drug-likeness (QED) is 0.485. The van der Waals surface area contributed by atoms with Gasteiger partial charge in [-0.05, 0) is 37.1 Å². The van der Waals surface area contributed by atoms with E-state index in [-0.39, 0.29) is 23.7 Å². The van der Waals surface area contributed by atoms with Crippen LogP contribution in [0.4, 0.5) is 11.4 Å². The Morgan fingerprint density at radius 3 is 2.46 bits per heavy atom. The van der Waals surface area contributed by atoms with Gasteiger partial charge in [0.2, 0.25) is 5.91 Å². The highest BCUT2D eigenvalue weighted by Gasteiger charge is 2.14. The normalized spacial score (nSPS) is 10.5. The molecule has 0 spiro atoms. The highest BCUT2D eigenvalue weighted by Crippen LogP contribution is 2.30. The number of nitro groups is 1. The number of hydrogen-bond acceptors (Lipinski definition) is 5. The van der Waals surface area contributed by atoms with Gasteiger partial charge in [0.05, 0.1) is 27.9 Å². The van der Waals surface area contributed by atoms with Gasteiger partial charge in [-0.15, -0.1) is 0 Å². The number of carbonyl (C=O) groups is 1. The molecule has 0 aliphatic carbocycles. The fourth-order valence-corrected chi connectivity index (χ4v) is 2.88. The Morgan fingerprint density at radius 2 is 1.86 bits per heavy atom. The third-order valence-corrected chi connectivity index (χ3v) is 3.92. The molecule has 1 heterocycles. The predicted molar refractivity (Wildman–Crippen MR) is 105 cm³/mol. The molecule has 1 amide bonds. The second-order valence-electron chi connectivity index (χ2n) is 6.30. The molecule has 144 valence electrons. The SMILES string of the molecule is Cc1cc(C)cc(Oc2cc(NC(=O)Cn3cc(Cl)cn3)cc([N+](=O)[O-])c2)c1. The zero-order valence-electron chi connectivity index (χ0n) is 15.2. The number of nitrogens with one attached hydrogen (secondary N) is 1. The van der Waals surface area contributed by atoms with E-state index in [1.807, 2.05) is 32.0 Å². The number of anilines is 1. The molecule has 0 saturated heterocycles. The maximum Gasteiger partial charge on any atom is 0.275 e. The lowest BCUT2D eigenvalue weighted by Crippen LogP contribution is -2.19. The summed E-state index contributed by atoms with van der Waals surface area (Å²) < 4.78 is 7.15. The van der Waals surface area contributed by atoms with Crippen LogP contribution < -0.4 is 10.1 Å². The number of rotatable bonds is 6. The Labute approximate surface area is 165 Å². The molecule has 0 bridgehead atoms. The van der Waals surface area contributed by atoms with Crippen molar-refractivity contribution in [2.45, 2.75) is 20.4 Å². The Kier molecular flexibility index (Phi) is 5.60. The van der Waals surface area contributed by atoms with Crippen LogP contribution in [0.1, 0.15) is 11.1 Å². The number of hydrogen-bond donors (Lipinski definition) is 1. The lowest BCUT2D eigenvalue weighted by molar-refractivity contribution is -0.384. The minimum atomic E-state index is -0.544. The molecule has 0 aliphatic rings. The van der Waals surface area contributed by atoms with Gasteiger partial charge in [-0.1, -0.05) is 17.7 Å². The lowest BCUT2D eigenvalue weighted by Gasteiger charge is -2.11. The summed E-state index contributed by atoms with van der Waals surface area (Å²) in [6.07, 6.45) is 2.92. The van der Waals surface area contributed by atoms with Gasteiger partial charge < -0.3 is 10.1 Å². The minimum Gasteiger partial charge on any atom is -0.457 e. The summed E-state index contributed by atoms with van der Waals surface area (Å²) in [5.74, 6) is 0.399. The Morgan fingerprint density at radius 1 is 1.18 bits per heavy atom. The number of carbonyl (C=O) groups excluding carboxylic acids is 1. The molecule has 0 aliphatic heterocycles. The van der Waals surface area contributed by atoms with E-state index in [0.29, 0.717) is 10.8 Å². The number of benzene rings is 2. The molecule has 0 atom stereocenters. The van der Waals surface area contributed by atoms with Crippen molar-refractivity contribution in [1.29, 1.82) is 0 Å². The highest BCUT2D eigenvalue weighted by molar-refractivity contribution is 6.30. The van der Waals surface area contributed by atoms with Crippen molar-refractivity contribution >= 4 is 28.9 Å². The van der Waals surface area contributed by atoms with E-state index < -0.39 is 10.8 Å². The van der Waals surface area contributed by atoms with Gasteiger partial charge in [0, 0.05) is 18.3 Å². The second-order valence-corrected chi connectivity index (χ2v) is 6.74. The number of nitrogens with zero attached hydrogens (tertiary/aromatic N) is 3. The standard InChI is InChI=1S/C19H17ClN4O4/c1-12-3-13(2)5-17(4-12)28-18-7-15(6-16(8-18)24(26)27)22-19(25)11-23-10-14(20)9-21-23/h3-10H,11H2,1-2H3,(H,22,25). The van der Waals surface area contributed by atoms with Gasteiger partial charge in [-0.3, -0.25) is 19.6 Å². The molecule has 0 unspecified atom stereocenters. The van der Waals surface area contributed by atoms with Crippen LogP contribution in [0.5, 0.6) is 11.5 Å². The fraction of sp³-hybridized carbons (Fsp3) is 0.158. The van der Waals surface area contributed by atoms with Crippen molar-refractivity contribution in [1.82, 2.24) is 9.78 Å². The summed E-state index contributed by atoms with van der Waals surface area (Å²) in [5.41, 5.74) is 2.06. The van der Waals surface area contributed by atoms with Crippen molar-refractivity contribution in [3.05, 3.63) is 75.1 Å². The average molecular weight is 401 g/mol. The van der Waals surface area contributed by atoms with Gasteiger partial charge in [0.1, 0.15) is 18.0 Å². The first-order chi connectivity index (χ1) is 13.3. The van der Waals surface area contributed by atoms with Crippen LogP contribution in [0.3, 0.4) is 0 Å². The van der Waals surface area contributed by atoms with Crippen LogP contribution in [0.2, 0.25) is 5.02 Å². The van der Waals surface area contributed by atoms with E-state index in [0.717, 1.165) is 11.1 Å². The molecule has 3 rings (SSSR count). The fourth-order valence-electron chi connectivity index (χ4n) is 2.72. The second kappa shape index (κ2) is 8.10. The van der Waals surface area contributed by atoms with Crippen LogP contribution >= 0.6 is 11.6 Å². The first-order valence-corrected chi connectivity index (χ1v) is 8.70. The van der Waals surface area contributed by atoms with E-state index in [4.69, 9.17) is 16.3 Å². The topological polar surface area (TPSA) is 99.3 Å². The predicted octanol–water partition coefficient (Wildman–Crippen LogP) is 4.49. The summed E-state index contributed by atoms with van der Waals surface area (Å²) in [4.78, 5) is 22.9. The Hall–Kier alpha value is -3.39. The molecule has 0 saturated carbocycles.